The number of Topliss-reactive ketones (excluding diaryl/α,β-unsaturated/α-hetero) is 1. The Hall–Kier alpha value is -3.58. The highest BCUT2D eigenvalue weighted by atomic mass is 16.5. The number of benzene rings is 2. The average molecular weight is 489 g/mol. The summed E-state index contributed by atoms with van der Waals surface area (Å²) in [5.41, 5.74) is 5.27. The fourth-order valence-corrected chi connectivity index (χ4v) is 5.99. The van der Waals surface area contributed by atoms with Gasteiger partial charge < -0.3 is 26.0 Å². The Labute approximate surface area is 210 Å². The number of aliphatic hydroxyl groups is 2. The van der Waals surface area contributed by atoms with Crippen molar-refractivity contribution in [3.63, 3.8) is 0 Å². The first-order valence-corrected chi connectivity index (χ1v) is 12.4. The summed E-state index contributed by atoms with van der Waals surface area (Å²) in [7, 11) is 0. The summed E-state index contributed by atoms with van der Waals surface area (Å²) in [6, 6.07) is 12.3. The number of rotatable bonds is 4. The fraction of sp³-hybridized carbons (Fsp3) is 0.379. The number of ketones is 1. The van der Waals surface area contributed by atoms with E-state index in [0.29, 0.717) is 24.2 Å². The van der Waals surface area contributed by atoms with E-state index in [2.05, 4.69) is 5.32 Å². The average Bonchev–Trinajstić information content (AvgIpc) is 3.26. The zero-order chi connectivity index (χ0) is 26.0. The molecule has 0 spiro atoms. The van der Waals surface area contributed by atoms with Crippen LogP contribution >= 0.6 is 0 Å². The van der Waals surface area contributed by atoms with Gasteiger partial charge in [-0.2, -0.15) is 0 Å². The summed E-state index contributed by atoms with van der Waals surface area (Å²) in [5, 5.41) is 26.1. The second-order valence-corrected chi connectivity index (χ2v) is 10.5. The molecule has 0 fully saturated rings. The second-order valence-electron chi connectivity index (χ2n) is 10.5. The van der Waals surface area contributed by atoms with Gasteiger partial charge in [0.1, 0.15) is 17.1 Å². The number of nitrogens with one attached hydrogen (secondary N) is 1. The highest BCUT2D eigenvalue weighted by Gasteiger charge is 2.65. The summed E-state index contributed by atoms with van der Waals surface area (Å²) in [6.45, 7) is 7.45. The standard InChI is InChI=1S/C29H32N2O5/c1-15(2)17-12-13-19(22(32)14-17)29(26(33)24-20(28(29,4)35)9-7-10-21(24)30)31-27(34)25-16(3)18-8-5-6-11-23(18)36-25/h5-11,14-16,25,32,35H,12-13,30H2,1-4H3,(H,31,34). The van der Waals surface area contributed by atoms with Crippen molar-refractivity contribution < 1.29 is 24.5 Å². The van der Waals surface area contributed by atoms with Gasteiger partial charge in [-0.1, -0.05) is 56.7 Å². The van der Waals surface area contributed by atoms with E-state index >= 15 is 0 Å². The molecule has 7 nitrogen and oxygen atoms in total. The number of hydrogen-bond acceptors (Lipinski definition) is 6. The highest BCUT2D eigenvalue weighted by molar-refractivity contribution is 6.16. The monoisotopic (exact) mass is 488 g/mol. The predicted octanol–water partition coefficient (Wildman–Crippen LogP) is 4.28. The van der Waals surface area contributed by atoms with Crippen LogP contribution in [-0.2, 0) is 10.4 Å². The molecule has 1 aliphatic heterocycles. The van der Waals surface area contributed by atoms with E-state index in [1.165, 1.54) is 6.92 Å². The first-order chi connectivity index (χ1) is 17.0. The van der Waals surface area contributed by atoms with Crippen LogP contribution in [0.2, 0.25) is 0 Å². The van der Waals surface area contributed by atoms with Crippen LogP contribution < -0.4 is 15.8 Å². The SMILES string of the molecule is CC(C)C1=CC(O)=C(C2(NC(=O)C3Oc4ccccc4C3C)C(=O)c3c(N)cccc3C2(C)O)CC1. The van der Waals surface area contributed by atoms with Crippen molar-refractivity contribution in [1.29, 1.82) is 0 Å². The van der Waals surface area contributed by atoms with E-state index in [9.17, 15) is 19.8 Å². The molecule has 0 bridgehead atoms. The Morgan fingerprint density at radius 1 is 1.17 bits per heavy atom. The molecule has 5 N–H and O–H groups in total. The van der Waals surface area contributed by atoms with Crippen LogP contribution in [0.4, 0.5) is 5.69 Å². The molecule has 0 saturated heterocycles. The number of allylic oxidation sites excluding steroid dienone is 2. The normalized spacial score (nSPS) is 29.1. The highest BCUT2D eigenvalue weighted by Crippen LogP contribution is 2.52. The molecular weight excluding hydrogens is 456 g/mol. The smallest absolute Gasteiger partial charge is 0.262 e. The number of amides is 1. The van der Waals surface area contributed by atoms with E-state index in [-0.39, 0.29) is 34.4 Å². The number of anilines is 1. The maximum Gasteiger partial charge on any atom is 0.262 e. The molecule has 0 aromatic heterocycles. The molecule has 36 heavy (non-hydrogen) atoms. The van der Waals surface area contributed by atoms with Gasteiger partial charge in [-0.3, -0.25) is 9.59 Å². The molecule has 0 saturated carbocycles. The molecule has 188 valence electrons. The molecular formula is C29H32N2O5. The Morgan fingerprint density at radius 2 is 1.89 bits per heavy atom. The molecule has 3 aliphatic rings. The predicted molar refractivity (Wildman–Crippen MR) is 137 cm³/mol. The van der Waals surface area contributed by atoms with Crippen molar-refractivity contribution in [3.8, 4) is 5.75 Å². The number of nitrogens with two attached hydrogens (primary N) is 1. The van der Waals surface area contributed by atoms with Crippen LogP contribution in [0.1, 0.15) is 67.9 Å². The topological polar surface area (TPSA) is 122 Å². The van der Waals surface area contributed by atoms with Gasteiger partial charge in [-0.05, 0) is 49.5 Å². The van der Waals surface area contributed by atoms with Crippen LogP contribution in [0.5, 0.6) is 5.75 Å². The van der Waals surface area contributed by atoms with Gasteiger partial charge in [-0.25, -0.2) is 0 Å². The van der Waals surface area contributed by atoms with E-state index in [1.807, 2.05) is 39.0 Å². The van der Waals surface area contributed by atoms with Crippen LogP contribution in [0, 0.1) is 5.92 Å². The third-order valence-corrected chi connectivity index (χ3v) is 8.09. The molecule has 1 amide bonds. The largest absolute Gasteiger partial charge is 0.508 e. The van der Waals surface area contributed by atoms with Gasteiger partial charge in [0.2, 0.25) is 0 Å². The lowest BCUT2D eigenvalue weighted by atomic mass is 9.70. The molecule has 1 heterocycles. The van der Waals surface area contributed by atoms with Gasteiger partial charge in [-0.15, -0.1) is 0 Å². The zero-order valence-electron chi connectivity index (χ0n) is 21.0. The van der Waals surface area contributed by atoms with Crippen molar-refractivity contribution in [2.45, 2.75) is 63.7 Å². The number of ether oxygens (including phenoxy) is 1. The number of hydrogen-bond donors (Lipinski definition) is 4. The number of aliphatic hydroxyl groups excluding tert-OH is 1. The lowest BCUT2D eigenvalue weighted by Gasteiger charge is -2.43. The lowest BCUT2D eigenvalue weighted by Crippen LogP contribution is -2.66. The summed E-state index contributed by atoms with van der Waals surface area (Å²) >= 11 is 0. The van der Waals surface area contributed by atoms with Crippen LogP contribution in [0.15, 0.2) is 65.4 Å². The molecule has 5 rings (SSSR count). The van der Waals surface area contributed by atoms with Crippen LogP contribution in [0.25, 0.3) is 0 Å². The minimum atomic E-state index is -1.94. The first kappa shape index (κ1) is 24.1. The molecule has 4 unspecified atom stereocenters. The molecule has 0 radical (unpaired) electrons. The number of carbonyl (C=O) groups excluding carboxylic acids is 2. The van der Waals surface area contributed by atoms with Gasteiger partial charge >= 0.3 is 0 Å². The number of para-hydroxylation sites is 1. The number of carbonyl (C=O) groups is 2. The van der Waals surface area contributed by atoms with E-state index in [4.69, 9.17) is 10.5 Å². The van der Waals surface area contributed by atoms with Crippen molar-refractivity contribution >= 4 is 17.4 Å². The van der Waals surface area contributed by atoms with E-state index in [0.717, 1.165) is 11.1 Å². The quantitative estimate of drug-likeness (QED) is 0.477. The zero-order valence-corrected chi connectivity index (χ0v) is 21.0. The minimum absolute atomic E-state index is 0.117. The molecule has 2 aromatic rings. The van der Waals surface area contributed by atoms with Crippen molar-refractivity contribution in [3.05, 3.63) is 82.1 Å². The van der Waals surface area contributed by atoms with Crippen molar-refractivity contribution in [2.75, 3.05) is 5.73 Å². The molecule has 2 aliphatic carbocycles. The lowest BCUT2D eigenvalue weighted by molar-refractivity contribution is -0.132. The Kier molecular flexibility index (Phi) is 5.52. The fourth-order valence-electron chi connectivity index (χ4n) is 5.99. The van der Waals surface area contributed by atoms with E-state index in [1.54, 1.807) is 30.3 Å². The Balaban J connectivity index is 1.65. The second kappa shape index (κ2) is 8.23. The van der Waals surface area contributed by atoms with Crippen molar-refractivity contribution in [1.82, 2.24) is 5.32 Å². The van der Waals surface area contributed by atoms with Gasteiger partial charge in [0.25, 0.3) is 5.91 Å². The van der Waals surface area contributed by atoms with Crippen LogP contribution in [0.3, 0.4) is 0 Å². The van der Waals surface area contributed by atoms with Gasteiger partial charge in [0, 0.05) is 28.3 Å². The first-order valence-electron chi connectivity index (χ1n) is 12.4. The van der Waals surface area contributed by atoms with E-state index < -0.39 is 28.9 Å². The maximum atomic E-state index is 14.2. The van der Waals surface area contributed by atoms with Crippen molar-refractivity contribution in [2.24, 2.45) is 5.92 Å². The molecule has 2 aromatic carbocycles. The van der Waals surface area contributed by atoms with Gasteiger partial charge in [0.15, 0.2) is 17.4 Å². The number of fused-ring (bicyclic) bond motifs is 2. The number of nitrogen functional groups attached to an aromatic ring is 1. The third kappa shape index (κ3) is 3.22. The summed E-state index contributed by atoms with van der Waals surface area (Å²) in [4.78, 5) is 28.0. The van der Waals surface area contributed by atoms with Gasteiger partial charge in [0.05, 0.1) is 0 Å². The maximum absolute atomic E-state index is 14.2. The third-order valence-electron chi connectivity index (χ3n) is 8.09. The summed E-state index contributed by atoms with van der Waals surface area (Å²) in [5.74, 6) is -0.654. The Morgan fingerprint density at radius 3 is 2.53 bits per heavy atom. The summed E-state index contributed by atoms with van der Waals surface area (Å²) in [6.07, 6.45) is 1.63. The minimum Gasteiger partial charge on any atom is -0.508 e. The Bertz CT molecular complexity index is 1340. The van der Waals surface area contributed by atoms with Crippen LogP contribution in [-0.4, -0.2) is 33.5 Å². The molecule has 7 heteroatoms. The summed E-state index contributed by atoms with van der Waals surface area (Å²) < 4.78 is 5.98. The molecule has 4 atom stereocenters.